The van der Waals surface area contributed by atoms with Crippen molar-refractivity contribution in [2.45, 2.75) is 24.3 Å². The summed E-state index contributed by atoms with van der Waals surface area (Å²) < 4.78 is 33.5. The molecule has 0 aromatic heterocycles. The molecule has 1 N–H and O–H groups in total. The zero-order valence-electron chi connectivity index (χ0n) is 14.2. The van der Waals surface area contributed by atoms with Gasteiger partial charge in [-0.2, -0.15) is 0 Å². The van der Waals surface area contributed by atoms with Crippen LogP contribution in [0.5, 0.6) is 0 Å². The molecule has 0 amide bonds. The minimum absolute atomic E-state index is 0.0462. The first kappa shape index (κ1) is 20.3. The Morgan fingerprint density at radius 3 is 2.46 bits per heavy atom. The number of sulfonamides is 1. The van der Waals surface area contributed by atoms with Crippen LogP contribution in [0.4, 0.5) is 0 Å². The van der Waals surface area contributed by atoms with E-state index in [2.05, 4.69) is 25.4 Å². The molecule has 26 heavy (non-hydrogen) atoms. The number of Topliss-reactive ketones (excluding diaryl/α,β-unsaturated/α-hetero) is 1. The van der Waals surface area contributed by atoms with Crippen LogP contribution >= 0.6 is 15.9 Å². The van der Waals surface area contributed by atoms with Crippen LogP contribution in [0.3, 0.4) is 0 Å². The second-order valence-corrected chi connectivity index (χ2v) is 8.22. The summed E-state index contributed by atoms with van der Waals surface area (Å²) in [5, 5.41) is 0. The molecule has 0 spiro atoms. The number of nitrogens with one attached hydrogen (secondary N) is 1. The quantitative estimate of drug-likeness (QED) is 0.528. The first-order valence-electron chi connectivity index (χ1n) is 7.68. The Hall–Kier alpha value is -2.03. The molecule has 2 aromatic carbocycles. The summed E-state index contributed by atoms with van der Waals surface area (Å²) in [5.41, 5.74) is 0.899. The lowest BCUT2D eigenvalue weighted by Crippen LogP contribution is -2.30. The van der Waals surface area contributed by atoms with Crippen molar-refractivity contribution in [1.29, 1.82) is 0 Å². The Bertz CT molecular complexity index is 927. The molecule has 0 heterocycles. The highest BCUT2D eigenvalue weighted by Gasteiger charge is 2.24. The molecule has 0 saturated heterocycles. The van der Waals surface area contributed by atoms with E-state index in [0.717, 1.165) is 4.47 Å². The van der Waals surface area contributed by atoms with Gasteiger partial charge in [-0.1, -0.05) is 40.2 Å². The summed E-state index contributed by atoms with van der Waals surface area (Å²) in [6, 6.07) is 11.9. The fraction of sp³-hybridized carbons (Fsp3) is 0.222. The summed E-state index contributed by atoms with van der Waals surface area (Å²) >= 11 is 3.33. The summed E-state index contributed by atoms with van der Waals surface area (Å²) in [5.74, 6) is -0.782. The molecule has 1 unspecified atom stereocenters. The van der Waals surface area contributed by atoms with Crippen LogP contribution in [0.1, 0.15) is 35.3 Å². The van der Waals surface area contributed by atoms with Crippen LogP contribution in [0.2, 0.25) is 0 Å². The van der Waals surface area contributed by atoms with Gasteiger partial charge in [-0.3, -0.25) is 9.59 Å². The Balaban J connectivity index is 2.38. The number of carbonyl (C=O) groups is 2. The average molecular weight is 440 g/mol. The zero-order valence-corrected chi connectivity index (χ0v) is 16.6. The number of benzene rings is 2. The lowest BCUT2D eigenvalue weighted by atomic mass is 10.1. The van der Waals surface area contributed by atoms with Gasteiger partial charge in [0.1, 0.15) is 0 Å². The van der Waals surface area contributed by atoms with Gasteiger partial charge < -0.3 is 4.74 Å². The van der Waals surface area contributed by atoms with Gasteiger partial charge >= 0.3 is 5.97 Å². The Morgan fingerprint density at radius 2 is 1.85 bits per heavy atom. The van der Waals surface area contributed by atoms with Gasteiger partial charge in [0.25, 0.3) is 0 Å². The molecule has 0 aliphatic heterocycles. The third-order valence-corrected chi connectivity index (χ3v) is 5.66. The van der Waals surface area contributed by atoms with E-state index in [4.69, 9.17) is 0 Å². The monoisotopic (exact) mass is 439 g/mol. The molecule has 138 valence electrons. The second kappa shape index (κ2) is 8.57. The molecule has 0 saturated carbocycles. The van der Waals surface area contributed by atoms with Gasteiger partial charge in [0, 0.05) is 10.0 Å². The van der Waals surface area contributed by atoms with Crippen molar-refractivity contribution in [2.24, 2.45) is 0 Å². The smallest absolute Gasteiger partial charge is 0.307 e. The number of ketones is 1. The van der Waals surface area contributed by atoms with Crippen LogP contribution in [0.15, 0.2) is 57.9 Å². The third kappa shape index (κ3) is 5.23. The predicted molar refractivity (Wildman–Crippen MR) is 100 cm³/mol. The fourth-order valence-electron chi connectivity index (χ4n) is 2.34. The fourth-order valence-corrected chi connectivity index (χ4v) is 4.03. The summed E-state index contributed by atoms with van der Waals surface area (Å²) in [6.45, 7) is 1.36. The molecule has 0 aliphatic rings. The van der Waals surface area contributed by atoms with E-state index in [0.29, 0.717) is 11.1 Å². The van der Waals surface area contributed by atoms with Gasteiger partial charge in [-0.05, 0) is 36.8 Å². The maximum absolute atomic E-state index is 12.8. The molecule has 1 atom stereocenters. The first-order chi connectivity index (χ1) is 12.2. The molecule has 8 heteroatoms. The van der Waals surface area contributed by atoms with E-state index in [1.807, 2.05) is 0 Å². The topological polar surface area (TPSA) is 89.5 Å². The number of rotatable bonds is 7. The van der Waals surface area contributed by atoms with Crippen LogP contribution < -0.4 is 4.72 Å². The number of ether oxygens (including phenoxy) is 1. The van der Waals surface area contributed by atoms with Gasteiger partial charge in [0.05, 0.1) is 24.5 Å². The molecule has 0 bridgehead atoms. The van der Waals surface area contributed by atoms with E-state index in [1.165, 1.54) is 32.2 Å². The number of halogens is 1. The first-order valence-corrected chi connectivity index (χ1v) is 9.96. The summed E-state index contributed by atoms with van der Waals surface area (Å²) in [6.07, 6.45) is -0.168. The highest BCUT2D eigenvalue weighted by molar-refractivity contribution is 9.10. The summed E-state index contributed by atoms with van der Waals surface area (Å²) in [7, 11) is -2.71. The van der Waals surface area contributed by atoms with Crippen molar-refractivity contribution >= 4 is 37.7 Å². The van der Waals surface area contributed by atoms with Crippen molar-refractivity contribution in [2.75, 3.05) is 7.11 Å². The molecule has 2 rings (SSSR count). The van der Waals surface area contributed by atoms with Crippen molar-refractivity contribution in [3.8, 4) is 0 Å². The predicted octanol–water partition coefficient (Wildman–Crippen LogP) is 3.23. The van der Waals surface area contributed by atoms with Crippen LogP contribution in [-0.4, -0.2) is 27.3 Å². The number of esters is 1. The normalized spacial score (nSPS) is 12.4. The van der Waals surface area contributed by atoms with Crippen molar-refractivity contribution in [3.05, 3.63) is 64.1 Å². The second-order valence-electron chi connectivity index (χ2n) is 5.59. The number of carbonyl (C=O) groups excluding carboxylic acids is 2. The van der Waals surface area contributed by atoms with Crippen LogP contribution in [0.25, 0.3) is 0 Å². The lowest BCUT2D eigenvalue weighted by Gasteiger charge is -2.19. The summed E-state index contributed by atoms with van der Waals surface area (Å²) in [4.78, 5) is 23.2. The maximum Gasteiger partial charge on any atom is 0.307 e. The highest BCUT2D eigenvalue weighted by atomic mass is 79.9. The molecule has 6 nitrogen and oxygen atoms in total. The molecule has 0 radical (unpaired) electrons. The Morgan fingerprint density at radius 1 is 1.15 bits per heavy atom. The van der Waals surface area contributed by atoms with Gasteiger partial charge in [0.15, 0.2) is 5.78 Å². The van der Waals surface area contributed by atoms with Crippen LogP contribution in [0, 0.1) is 0 Å². The number of methoxy groups -OCH3 is 1. The molecular weight excluding hydrogens is 422 g/mol. The Labute approximate surface area is 160 Å². The van der Waals surface area contributed by atoms with Gasteiger partial charge in [-0.15, -0.1) is 0 Å². The van der Waals surface area contributed by atoms with Gasteiger partial charge in [0.2, 0.25) is 10.0 Å². The average Bonchev–Trinajstić information content (AvgIpc) is 2.61. The van der Waals surface area contributed by atoms with E-state index < -0.39 is 22.0 Å². The maximum atomic E-state index is 12.8. The highest BCUT2D eigenvalue weighted by Crippen LogP contribution is 2.24. The number of hydrogen-bond donors (Lipinski definition) is 1. The van der Waals surface area contributed by atoms with Crippen molar-refractivity contribution in [1.82, 2.24) is 4.72 Å². The number of hydrogen-bond acceptors (Lipinski definition) is 5. The standard InChI is InChI=1S/C18H18BrNO5S/c1-12(21)13-5-4-8-16(10-13)26(23,24)20-17(11-18(22)25-2)14-6-3-7-15(19)9-14/h3-10,17,20H,11H2,1-2H3. The van der Waals surface area contributed by atoms with Crippen LogP contribution in [-0.2, 0) is 19.6 Å². The molecule has 0 aliphatic carbocycles. The lowest BCUT2D eigenvalue weighted by molar-refractivity contribution is -0.141. The third-order valence-electron chi connectivity index (χ3n) is 3.70. The van der Waals surface area contributed by atoms with Gasteiger partial charge in [-0.25, -0.2) is 13.1 Å². The van der Waals surface area contributed by atoms with Crippen molar-refractivity contribution < 1.29 is 22.7 Å². The Kier molecular flexibility index (Phi) is 6.69. The van der Waals surface area contributed by atoms with E-state index in [9.17, 15) is 18.0 Å². The zero-order chi connectivity index (χ0) is 19.3. The molecular formula is C18H18BrNO5S. The SMILES string of the molecule is COC(=O)CC(NS(=O)(=O)c1cccc(C(C)=O)c1)c1cccc(Br)c1. The van der Waals surface area contributed by atoms with E-state index in [-0.39, 0.29) is 17.1 Å². The molecule has 0 fully saturated rings. The van der Waals surface area contributed by atoms with E-state index >= 15 is 0 Å². The molecule has 2 aromatic rings. The largest absolute Gasteiger partial charge is 0.469 e. The minimum atomic E-state index is -3.96. The minimum Gasteiger partial charge on any atom is -0.469 e. The van der Waals surface area contributed by atoms with Crippen molar-refractivity contribution in [3.63, 3.8) is 0 Å². The van der Waals surface area contributed by atoms with E-state index in [1.54, 1.807) is 30.3 Å².